The van der Waals surface area contributed by atoms with Crippen LogP contribution in [0.25, 0.3) is 6.08 Å². The van der Waals surface area contributed by atoms with Gasteiger partial charge in [-0.15, -0.1) is 0 Å². The Hall–Kier alpha value is -1.50. The Kier molecular flexibility index (Phi) is 5.56. The Labute approximate surface area is 154 Å². The summed E-state index contributed by atoms with van der Waals surface area (Å²) in [7, 11) is 1.51. The minimum atomic E-state index is -0.301. The number of benzene rings is 1. The lowest BCUT2D eigenvalue weighted by Crippen LogP contribution is -2.36. The molecule has 1 aliphatic rings. The summed E-state index contributed by atoms with van der Waals surface area (Å²) >= 11 is 1.37. The molecular formula is C19H28N2O3S. The number of hydrogen-bond acceptors (Lipinski definition) is 5. The molecule has 0 spiro atoms. The Bertz CT molecular complexity index is 665. The van der Waals surface area contributed by atoms with Gasteiger partial charge in [-0.05, 0) is 34.6 Å². The highest BCUT2D eigenvalue weighted by Gasteiger charge is 2.29. The summed E-state index contributed by atoms with van der Waals surface area (Å²) in [5, 5.41) is 13.6. The van der Waals surface area contributed by atoms with Gasteiger partial charge in [0.25, 0.3) is 5.91 Å². The van der Waals surface area contributed by atoms with E-state index in [0.29, 0.717) is 10.7 Å². The van der Waals surface area contributed by atoms with E-state index in [1.165, 1.54) is 18.9 Å². The zero-order chi connectivity index (χ0) is 19.0. The van der Waals surface area contributed by atoms with E-state index in [9.17, 15) is 9.90 Å². The van der Waals surface area contributed by atoms with E-state index in [1.54, 1.807) is 0 Å². The SMILES string of the molecule is CONC1NC(=O)C(=Cc2cc(C(C)(C)C)c(O)c(C(C)(C)C)c2)S1. The second-order valence-corrected chi connectivity index (χ2v) is 9.41. The normalized spacial score (nSPS) is 20.2. The van der Waals surface area contributed by atoms with Gasteiger partial charge in [-0.2, -0.15) is 5.48 Å². The fourth-order valence-corrected chi connectivity index (χ4v) is 3.63. The fraction of sp³-hybridized carbons (Fsp3) is 0.526. The van der Waals surface area contributed by atoms with Crippen LogP contribution in [0.3, 0.4) is 0 Å². The van der Waals surface area contributed by atoms with Gasteiger partial charge in [0.05, 0.1) is 12.0 Å². The van der Waals surface area contributed by atoms with Gasteiger partial charge in [0, 0.05) is 11.1 Å². The first-order valence-electron chi connectivity index (χ1n) is 8.29. The first-order chi connectivity index (χ1) is 11.4. The lowest BCUT2D eigenvalue weighted by Gasteiger charge is -2.28. The number of carbonyl (C=O) groups excluding carboxylic acids is 1. The molecule has 1 aromatic rings. The first kappa shape index (κ1) is 19.8. The highest BCUT2D eigenvalue weighted by Crippen LogP contribution is 2.40. The standard InChI is InChI=1S/C19H28N2O3S/c1-18(2,3)12-8-11(9-13(15(12)22)19(4,5)6)10-14-16(23)20-17(25-14)21-24-7/h8-10,17,21-22H,1-7H3,(H,20,23). The topological polar surface area (TPSA) is 70.6 Å². The Morgan fingerprint density at radius 1 is 1.16 bits per heavy atom. The second-order valence-electron chi connectivity index (χ2n) is 8.27. The number of aromatic hydroxyl groups is 1. The number of rotatable bonds is 3. The molecule has 6 heteroatoms. The van der Waals surface area contributed by atoms with Crippen LogP contribution in [0.15, 0.2) is 17.0 Å². The third kappa shape index (κ3) is 4.57. The number of amides is 1. The summed E-state index contributed by atoms with van der Waals surface area (Å²) < 4.78 is 0. The van der Waals surface area contributed by atoms with Gasteiger partial charge in [0.1, 0.15) is 5.75 Å². The molecule has 0 radical (unpaired) electrons. The van der Waals surface area contributed by atoms with Gasteiger partial charge in [0.2, 0.25) is 0 Å². The summed E-state index contributed by atoms with van der Waals surface area (Å²) in [6, 6.07) is 3.92. The lowest BCUT2D eigenvalue weighted by atomic mass is 9.78. The van der Waals surface area contributed by atoms with Crippen molar-refractivity contribution in [1.82, 2.24) is 10.8 Å². The molecule has 0 bridgehead atoms. The predicted molar refractivity (Wildman–Crippen MR) is 103 cm³/mol. The van der Waals surface area contributed by atoms with E-state index < -0.39 is 0 Å². The molecule has 1 heterocycles. The van der Waals surface area contributed by atoms with Crippen LogP contribution in [0, 0.1) is 0 Å². The number of hydroxylamine groups is 1. The average Bonchev–Trinajstić information content (AvgIpc) is 2.78. The monoisotopic (exact) mass is 364 g/mol. The van der Waals surface area contributed by atoms with E-state index in [2.05, 4.69) is 52.3 Å². The number of phenolic OH excluding ortho intramolecular Hbond substituents is 1. The quantitative estimate of drug-likeness (QED) is 0.564. The maximum absolute atomic E-state index is 12.1. The third-order valence-electron chi connectivity index (χ3n) is 4.00. The molecule has 0 aromatic heterocycles. The average molecular weight is 365 g/mol. The van der Waals surface area contributed by atoms with Crippen LogP contribution in [0.5, 0.6) is 5.75 Å². The Morgan fingerprint density at radius 3 is 2.12 bits per heavy atom. The van der Waals surface area contributed by atoms with Crippen molar-refractivity contribution in [2.24, 2.45) is 0 Å². The molecule has 0 saturated carbocycles. The molecule has 1 atom stereocenters. The van der Waals surface area contributed by atoms with Crippen molar-refractivity contribution >= 4 is 23.7 Å². The zero-order valence-electron chi connectivity index (χ0n) is 16.0. The van der Waals surface area contributed by atoms with Crippen LogP contribution < -0.4 is 10.8 Å². The third-order valence-corrected chi connectivity index (χ3v) is 5.01. The highest BCUT2D eigenvalue weighted by molar-refractivity contribution is 8.05. The fourth-order valence-electron chi connectivity index (χ4n) is 2.70. The molecule has 0 aliphatic carbocycles. The predicted octanol–water partition coefficient (Wildman–Crippen LogP) is 3.63. The largest absolute Gasteiger partial charge is 0.507 e. The van der Waals surface area contributed by atoms with Crippen molar-refractivity contribution in [1.29, 1.82) is 0 Å². The summed E-state index contributed by atoms with van der Waals surface area (Å²) in [6.45, 7) is 12.4. The van der Waals surface area contributed by atoms with Gasteiger partial charge in [-0.3, -0.25) is 4.79 Å². The van der Waals surface area contributed by atoms with E-state index in [0.717, 1.165) is 16.7 Å². The van der Waals surface area contributed by atoms with Crippen molar-refractivity contribution in [2.45, 2.75) is 57.9 Å². The zero-order valence-corrected chi connectivity index (χ0v) is 16.8. The van der Waals surface area contributed by atoms with E-state index in [-0.39, 0.29) is 22.2 Å². The van der Waals surface area contributed by atoms with Crippen LogP contribution in [-0.2, 0) is 20.5 Å². The molecule has 1 aliphatic heterocycles. The first-order valence-corrected chi connectivity index (χ1v) is 9.17. The van der Waals surface area contributed by atoms with Crippen molar-refractivity contribution in [3.63, 3.8) is 0 Å². The van der Waals surface area contributed by atoms with Gasteiger partial charge < -0.3 is 15.3 Å². The number of hydrogen-bond donors (Lipinski definition) is 3. The molecule has 3 N–H and O–H groups in total. The molecule has 1 fully saturated rings. The molecule has 5 nitrogen and oxygen atoms in total. The molecule has 138 valence electrons. The van der Waals surface area contributed by atoms with Crippen LogP contribution in [0.4, 0.5) is 0 Å². The van der Waals surface area contributed by atoms with Crippen molar-refractivity contribution in [3.8, 4) is 5.75 Å². The molecule has 1 unspecified atom stereocenters. The van der Waals surface area contributed by atoms with Crippen molar-refractivity contribution in [2.75, 3.05) is 7.11 Å². The molecule has 1 saturated heterocycles. The number of phenols is 1. The van der Waals surface area contributed by atoms with Gasteiger partial charge in [-0.25, -0.2) is 0 Å². The summed E-state index contributed by atoms with van der Waals surface area (Å²) in [5.41, 5.74) is 4.67. The van der Waals surface area contributed by atoms with E-state index in [1.807, 2.05) is 18.2 Å². The number of carbonyl (C=O) groups is 1. The smallest absolute Gasteiger partial charge is 0.259 e. The molecule has 1 amide bonds. The van der Waals surface area contributed by atoms with Gasteiger partial charge in [0.15, 0.2) is 5.50 Å². The number of thioether (sulfide) groups is 1. The number of nitrogens with one attached hydrogen (secondary N) is 2. The van der Waals surface area contributed by atoms with E-state index in [4.69, 9.17) is 4.84 Å². The minimum Gasteiger partial charge on any atom is -0.507 e. The highest BCUT2D eigenvalue weighted by atomic mass is 32.2. The summed E-state index contributed by atoms with van der Waals surface area (Å²) in [4.78, 5) is 17.6. The van der Waals surface area contributed by atoms with Crippen molar-refractivity contribution in [3.05, 3.63) is 33.7 Å². The summed E-state index contributed by atoms with van der Waals surface area (Å²) in [5.74, 6) is 0.201. The van der Waals surface area contributed by atoms with Crippen molar-refractivity contribution < 1.29 is 14.7 Å². The van der Waals surface area contributed by atoms with Crippen LogP contribution in [0.2, 0.25) is 0 Å². The summed E-state index contributed by atoms with van der Waals surface area (Å²) in [6.07, 6.45) is 1.86. The molecular weight excluding hydrogens is 336 g/mol. The van der Waals surface area contributed by atoms with Crippen LogP contribution >= 0.6 is 11.8 Å². The Morgan fingerprint density at radius 2 is 1.68 bits per heavy atom. The van der Waals surface area contributed by atoms with Crippen LogP contribution in [-0.4, -0.2) is 23.6 Å². The maximum Gasteiger partial charge on any atom is 0.259 e. The molecule has 2 rings (SSSR count). The minimum absolute atomic E-state index is 0.137. The van der Waals surface area contributed by atoms with Gasteiger partial charge in [-0.1, -0.05) is 53.3 Å². The second kappa shape index (κ2) is 7.02. The molecule has 25 heavy (non-hydrogen) atoms. The van der Waals surface area contributed by atoms with E-state index >= 15 is 0 Å². The van der Waals surface area contributed by atoms with Crippen LogP contribution in [0.1, 0.15) is 58.2 Å². The maximum atomic E-state index is 12.1. The Balaban J connectivity index is 2.52. The van der Waals surface area contributed by atoms with Gasteiger partial charge >= 0.3 is 0 Å². The molecule has 1 aromatic carbocycles. The lowest BCUT2D eigenvalue weighted by molar-refractivity contribution is -0.117.